The number of carbonyl (C=O) groups is 1. The van der Waals surface area contributed by atoms with Crippen LogP contribution in [0, 0.1) is 0 Å². The minimum absolute atomic E-state index is 0.273. The molecule has 2 nitrogen and oxygen atoms in total. The Balaban J connectivity index is 2.53. The first-order chi connectivity index (χ1) is 9.21. The Morgan fingerprint density at radius 2 is 1.84 bits per heavy atom. The molecule has 0 aliphatic carbocycles. The molecule has 1 heterocycles. The van der Waals surface area contributed by atoms with Gasteiger partial charge in [-0.1, -0.05) is 20.8 Å². The van der Waals surface area contributed by atoms with Crippen molar-refractivity contribution < 1.29 is 4.79 Å². The normalized spacial score (nSPS) is 11.2. The number of thioether (sulfide) groups is 1. The lowest BCUT2D eigenvalue weighted by Gasteiger charge is -2.19. The van der Waals surface area contributed by atoms with Crippen LogP contribution in [0.25, 0.3) is 0 Å². The molecule has 0 bridgehead atoms. The molecule has 1 aromatic heterocycles. The number of thiophene rings is 1. The summed E-state index contributed by atoms with van der Waals surface area (Å²) in [6.07, 6.45) is 3.39. The number of nitrogens with zero attached hydrogens (tertiary/aromatic N) is 1. The average Bonchev–Trinajstić information content (AvgIpc) is 2.85. The third-order valence-electron chi connectivity index (χ3n) is 2.75. The Morgan fingerprint density at radius 3 is 2.42 bits per heavy atom. The Labute approximate surface area is 125 Å². The summed E-state index contributed by atoms with van der Waals surface area (Å²) in [7, 11) is 0. The molecule has 4 heteroatoms. The van der Waals surface area contributed by atoms with Crippen LogP contribution < -0.4 is 0 Å². The van der Waals surface area contributed by atoms with Crippen molar-refractivity contribution in [2.24, 2.45) is 0 Å². The first kappa shape index (κ1) is 16.7. The lowest BCUT2D eigenvalue weighted by atomic mass is 10.2. The lowest BCUT2D eigenvalue weighted by Crippen LogP contribution is -2.31. The third kappa shape index (κ3) is 6.11. The van der Waals surface area contributed by atoms with Crippen LogP contribution in [0.4, 0.5) is 0 Å². The number of rotatable bonds is 10. The van der Waals surface area contributed by atoms with Crippen molar-refractivity contribution in [1.29, 1.82) is 0 Å². The summed E-state index contributed by atoms with van der Waals surface area (Å²) in [4.78, 5) is 15.4. The average molecular weight is 300 g/mol. The maximum atomic E-state index is 12.3. The van der Waals surface area contributed by atoms with Crippen LogP contribution in [-0.4, -0.2) is 36.1 Å². The lowest BCUT2D eigenvalue weighted by molar-refractivity contribution is 0.0934. The highest BCUT2D eigenvalue weighted by molar-refractivity contribution is 8.01. The van der Waals surface area contributed by atoms with Crippen molar-refractivity contribution in [1.82, 2.24) is 4.90 Å². The van der Waals surface area contributed by atoms with Crippen LogP contribution in [0.15, 0.2) is 16.3 Å². The van der Waals surface area contributed by atoms with E-state index in [2.05, 4.69) is 31.7 Å². The van der Waals surface area contributed by atoms with Crippen molar-refractivity contribution in [2.75, 3.05) is 25.4 Å². The highest BCUT2D eigenvalue weighted by Crippen LogP contribution is 2.28. The molecule has 1 aromatic rings. The molecular formula is C15H25NOS2. The van der Waals surface area contributed by atoms with Gasteiger partial charge in [-0.05, 0) is 50.2 Å². The largest absolute Gasteiger partial charge is 0.296 e. The van der Waals surface area contributed by atoms with Crippen LogP contribution in [0.2, 0.25) is 0 Å². The zero-order valence-corrected chi connectivity index (χ0v) is 13.9. The van der Waals surface area contributed by atoms with Gasteiger partial charge in [0, 0.05) is 0 Å². The van der Waals surface area contributed by atoms with Crippen LogP contribution in [0.5, 0.6) is 0 Å². The Kier molecular flexibility index (Phi) is 8.42. The van der Waals surface area contributed by atoms with E-state index in [0.29, 0.717) is 6.54 Å². The van der Waals surface area contributed by atoms with Gasteiger partial charge in [0.2, 0.25) is 0 Å². The highest BCUT2D eigenvalue weighted by atomic mass is 32.2. The van der Waals surface area contributed by atoms with Gasteiger partial charge in [-0.3, -0.25) is 9.69 Å². The molecule has 0 aliphatic heterocycles. The first-order valence-corrected chi connectivity index (χ1v) is 8.99. The van der Waals surface area contributed by atoms with Gasteiger partial charge in [0.05, 0.1) is 15.6 Å². The molecule has 0 fully saturated rings. The fraction of sp³-hybridized carbons (Fsp3) is 0.667. The standard InChI is InChI=1S/C15H25NOS2/c1-4-9-16(10-5-2)12-13(17)14-7-8-15(19-14)18-11-6-3/h7-8H,4-6,9-12H2,1-3H3. The van der Waals surface area contributed by atoms with E-state index in [1.54, 1.807) is 11.3 Å². The van der Waals surface area contributed by atoms with Gasteiger partial charge < -0.3 is 0 Å². The van der Waals surface area contributed by atoms with Gasteiger partial charge >= 0.3 is 0 Å². The predicted molar refractivity (Wildman–Crippen MR) is 86.7 cm³/mol. The van der Waals surface area contributed by atoms with Crippen molar-refractivity contribution in [2.45, 2.75) is 44.2 Å². The summed E-state index contributed by atoms with van der Waals surface area (Å²) < 4.78 is 1.27. The first-order valence-electron chi connectivity index (χ1n) is 7.19. The maximum absolute atomic E-state index is 12.3. The smallest absolute Gasteiger partial charge is 0.186 e. The summed E-state index contributed by atoms with van der Waals surface area (Å²) in [5.74, 6) is 1.40. The van der Waals surface area contributed by atoms with E-state index in [1.807, 2.05) is 17.8 Å². The summed E-state index contributed by atoms with van der Waals surface area (Å²) in [6, 6.07) is 4.07. The van der Waals surface area contributed by atoms with E-state index in [0.717, 1.165) is 36.6 Å². The van der Waals surface area contributed by atoms with Crippen LogP contribution in [0.1, 0.15) is 49.7 Å². The molecular weight excluding hydrogens is 274 g/mol. The summed E-state index contributed by atoms with van der Waals surface area (Å²) >= 11 is 3.50. The molecule has 0 saturated carbocycles. The number of hydrogen-bond acceptors (Lipinski definition) is 4. The van der Waals surface area contributed by atoms with Crippen molar-refractivity contribution >= 4 is 28.9 Å². The van der Waals surface area contributed by atoms with E-state index in [1.165, 1.54) is 10.6 Å². The number of ketones is 1. The predicted octanol–water partition coefficient (Wildman–Crippen LogP) is 4.55. The SMILES string of the molecule is CCCSc1ccc(C(=O)CN(CCC)CCC)s1. The molecule has 0 atom stereocenters. The minimum Gasteiger partial charge on any atom is -0.296 e. The zero-order chi connectivity index (χ0) is 14.1. The third-order valence-corrected chi connectivity index (χ3v) is 5.31. The molecule has 0 aromatic carbocycles. The monoisotopic (exact) mass is 299 g/mol. The van der Waals surface area contributed by atoms with Gasteiger partial charge in [-0.2, -0.15) is 0 Å². The molecule has 0 saturated heterocycles. The quantitative estimate of drug-likeness (QED) is 0.467. The van der Waals surface area contributed by atoms with Crippen molar-refractivity contribution in [3.8, 4) is 0 Å². The molecule has 0 N–H and O–H groups in total. The molecule has 0 aliphatic rings. The molecule has 0 radical (unpaired) electrons. The van der Waals surface area contributed by atoms with Crippen molar-refractivity contribution in [3.05, 3.63) is 17.0 Å². The topological polar surface area (TPSA) is 20.3 Å². The van der Waals surface area contributed by atoms with Crippen LogP contribution >= 0.6 is 23.1 Å². The fourth-order valence-corrected chi connectivity index (χ4v) is 3.93. The summed E-state index contributed by atoms with van der Waals surface area (Å²) in [5.41, 5.74) is 0. The Morgan fingerprint density at radius 1 is 1.16 bits per heavy atom. The second kappa shape index (κ2) is 9.56. The summed E-state index contributed by atoms with van der Waals surface area (Å²) in [5, 5.41) is 0. The van der Waals surface area contributed by atoms with Gasteiger partial charge in [0.25, 0.3) is 0 Å². The van der Waals surface area contributed by atoms with Gasteiger partial charge in [-0.25, -0.2) is 0 Å². The van der Waals surface area contributed by atoms with E-state index in [9.17, 15) is 4.79 Å². The summed E-state index contributed by atoms with van der Waals surface area (Å²) in [6.45, 7) is 9.11. The van der Waals surface area contributed by atoms with E-state index < -0.39 is 0 Å². The number of carbonyl (C=O) groups excluding carboxylic acids is 1. The van der Waals surface area contributed by atoms with Crippen LogP contribution in [0.3, 0.4) is 0 Å². The van der Waals surface area contributed by atoms with Gasteiger partial charge in [0.15, 0.2) is 5.78 Å². The van der Waals surface area contributed by atoms with E-state index in [4.69, 9.17) is 0 Å². The van der Waals surface area contributed by atoms with E-state index >= 15 is 0 Å². The molecule has 0 unspecified atom stereocenters. The highest BCUT2D eigenvalue weighted by Gasteiger charge is 2.13. The number of Topliss-reactive ketones (excluding diaryl/α,β-unsaturated/α-hetero) is 1. The van der Waals surface area contributed by atoms with Crippen LogP contribution in [-0.2, 0) is 0 Å². The zero-order valence-electron chi connectivity index (χ0n) is 12.3. The van der Waals surface area contributed by atoms with Crippen molar-refractivity contribution in [3.63, 3.8) is 0 Å². The molecule has 1 rings (SSSR count). The molecule has 19 heavy (non-hydrogen) atoms. The Hall–Kier alpha value is -0.320. The number of hydrogen-bond donors (Lipinski definition) is 0. The second-order valence-corrected chi connectivity index (χ2v) is 7.15. The maximum Gasteiger partial charge on any atom is 0.186 e. The second-order valence-electron chi connectivity index (χ2n) is 4.67. The Bertz CT molecular complexity index is 370. The van der Waals surface area contributed by atoms with Gasteiger partial charge in [-0.15, -0.1) is 23.1 Å². The fourth-order valence-electron chi connectivity index (χ4n) is 1.93. The van der Waals surface area contributed by atoms with Gasteiger partial charge in [0.1, 0.15) is 0 Å². The minimum atomic E-state index is 0.273. The molecule has 108 valence electrons. The molecule has 0 spiro atoms. The van der Waals surface area contributed by atoms with E-state index in [-0.39, 0.29) is 5.78 Å². The molecule has 0 amide bonds.